The molecular weight excluding hydrogens is 294 g/mol. The van der Waals surface area contributed by atoms with E-state index in [1.54, 1.807) is 16.7 Å². The first-order valence-electron chi connectivity index (χ1n) is 8.19. The molecule has 124 valence electrons. The molecule has 1 aromatic rings. The summed E-state index contributed by atoms with van der Waals surface area (Å²) >= 11 is 0. The molecular formula is C17H23N3O3. The Bertz CT molecular complexity index is 564. The molecule has 3 rings (SSSR count). The molecule has 6 heteroatoms. The van der Waals surface area contributed by atoms with E-state index in [1.165, 1.54) is 5.56 Å². The van der Waals surface area contributed by atoms with Crippen molar-refractivity contribution < 1.29 is 14.3 Å². The first kappa shape index (κ1) is 15.6. The molecule has 23 heavy (non-hydrogen) atoms. The molecule has 0 radical (unpaired) electrons. The summed E-state index contributed by atoms with van der Waals surface area (Å²) in [5.41, 5.74) is 0.967. The molecule has 0 bridgehead atoms. The average Bonchev–Trinajstić information content (AvgIpc) is 3.37. The van der Waals surface area contributed by atoms with E-state index in [1.807, 2.05) is 18.2 Å². The van der Waals surface area contributed by atoms with Gasteiger partial charge in [0.05, 0.1) is 12.1 Å². The third kappa shape index (κ3) is 3.41. The van der Waals surface area contributed by atoms with E-state index in [4.69, 9.17) is 4.74 Å². The summed E-state index contributed by atoms with van der Waals surface area (Å²) in [6, 6.07) is 10.1. The van der Waals surface area contributed by atoms with Crippen molar-refractivity contribution in [2.75, 3.05) is 32.8 Å². The molecule has 1 heterocycles. The lowest BCUT2D eigenvalue weighted by molar-refractivity contribution is 0.0846. The quantitative estimate of drug-likeness (QED) is 0.929. The molecule has 1 saturated carbocycles. The minimum Gasteiger partial charge on any atom is -0.450 e. The van der Waals surface area contributed by atoms with Crippen molar-refractivity contribution in [3.8, 4) is 0 Å². The highest BCUT2D eigenvalue weighted by atomic mass is 16.6. The molecule has 6 nitrogen and oxygen atoms in total. The van der Waals surface area contributed by atoms with Crippen molar-refractivity contribution in [3.05, 3.63) is 35.9 Å². The fourth-order valence-corrected chi connectivity index (χ4v) is 2.96. The van der Waals surface area contributed by atoms with Crippen LogP contribution in [0.25, 0.3) is 0 Å². The molecule has 1 aliphatic heterocycles. The van der Waals surface area contributed by atoms with Gasteiger partial charge < -0.3 is 19.9 Å². The Labute approximate surface area is 136 Å². The van der Waals surface area contributed by atoms with E-state index < -0.39 is 0 Å². The van der Waals surface area contributed by atoms with E-state index in [2.05, 4.69) is 17.4 Å². The molecule has 2 aliphatic rings. The Morgan fingerprint density at radius 2 is 1.70 bits per heavy atom. The predicted molar refractivity (Wildman–Crippen MR) is 86.1 cm³/mol. The van der Waals surface area contributed by atoms with Crippen molar-refractivity contribution in [2.45, 2.75) is 25.3 Å². The van der Waals surface area contributed by atoms with Crippen LogP contribution in [0.5, 0.6) is 0 Å². The maximum atomic E-state index is 12.5. The second-order valence-corrected chi connectivity index (χ2v) is 6.05. The minimum atomic E-state index is -0.296. The van der Waals surface area contributed by atoms with Crippen LogP contribution < -0.4 is 5.32 Å². The number of piperazine rings is 1. The summed E-state index contributed by atoms with van der Waals surface area (Å²) in [6.07, 6.45) is 1.66. The molecule has 0 atom stereocenters. The van der Waals surface area contributed by atoms with Crippen molar-refractivity contribution in [3.63, 3.8) is 0 Å². The largest absolute Gasteiger partial charge is 0.450 e. The number of carbonyl (C=O) groups is 2. The summed E-state index contributed by atoms with van der Waals surface area (Å²) in [5.74, 6) is 0. The first-order chi connectivity index (χ1) is 11.1. The van der Waals surface area contributed by atoms with E-state index in [0.717, 1.165) is 12.8 Å². The zero-order valence-corrected chi connectivity index (χ0v) is 13.5. The van der Waals surface area contributed by atoms with Gasteiger partial charge in [-0.05, 0) is 25.3 Å². The van der Waals surface area contributed by atoms with Crippen LogP contribution in [0, 0.1) is 0 Å². The van der Waals surface area contributed by atoms with Gasteiger partial charge in [0.25, 0.3) is 0 Å². The summed E-state index contributed by atoms with van der Waals surface area (Å²) in [4.78, 5) is 27.6. The number of rotatable bonds is 3. The highest BCUT2D eigenvalue weighted by Gasteiger charge is 2.46. The lowest BCUT2D eigenvalue weighted by Crippen LogP contribution is -2.54. The standard InChI is InChI=1S/C17H23N3O3/c1-2-23-16(22)20-12-10-19(11-13-20)15(21)18-17(8-9-17)14-6-4-3-5-7-14/h3-7H,2,8-13H2,1H3,(H,18,21). The van der Waals surface area contributed by atoms with Gasteiger partial charge >= 0.3 is 12.1 Å². The van der Waals surface area contributed by atoms with E-state index in [-0.39, 0.29) is 17.7 Å². The van der Waals surface area contributed by atoms with E-state index in [0.29, 0.717) is 32.8 Å². The van der Waals surface area contributed by atoms with Crippen molar-refractivity contribution in [2.24, 2.45) is 0 Å². The molecule has 1 aliphatic carbocycles. The minimum absolute atomic E-state index is 0.0464. The van der Waals surface area contributed by atoms with E-state index >= 15 is 0 Å². The third-order valence-electron chi connectivity index (χ3n) is 4.52. The van der Waals surface area contributed by atoms with Gasteiger partial charge in [0.1, 0.15) is 0 Å². The maximum Gasteiger partial charge on any atom is 0.409 e. The van der Waals surface area contributed by atoms with Crippen LogP contribution in [0.2, 0.25) is 0 Å². The summed E-state index contributed by atoms with van der Waals surface area (Å²) in [5, 5.41) is 3.17. The zero-order valence-electron chi connectivity index (χ0n) is 13.5. The average molecular weight is 317 g/mol. The summed E-state index contributed by atoms with van der Waals surface area (Å²) in [6.45, 7) is 4.28. The normalized spacial score (nSPS) is 19.2. The molecule has 1 aromatic carbocycles. The molecule has 0 spiro atoms. The van der Waals surface area contributed by atoms with Gasteiger partial charge in [-0.25, -0.2) is 9.59 Å². The molecule has 3 amide bonds. The van der Waals surface area contributed by atoms with Crippen molar-refractivity contribution >= 4 is 12.1 Å². The van der Waals surface area contributed by atoms with E-state index in [9.17, 15) is 9.59 Å². The smallest absolute Gasteiger partial charge is 0.409 e. The third-order valence-corrected chi connectivity index (χ3v) is 4.52. The van der Waals surface area contributed by atoms with Gasteiger partial charge in [0.2, 0.25) is 0 Å². The van der Waals surface area contributed by atoms with Gasteiger partial charge in [-0.3, -0.25) is 0 Å². The molecule has 0 unspecified atom stereocenters. The van der Waals surface area contributed by atoms with Gasteiger partial charge in [-0.2, -0.15) is 0 Å². The highest BCUT2D eigenvalue weighted by molar-refractivity contribution is 5.76. The number of hydrogen-bond acceptors (Lipinski definition) is 3. The Hall–Kier alpha value is -2.24. The first-order valence-corrected chi connectivity index (χ1v) is 8.19. The Morgan fingerprint density at radius 1 is 1.09 bits per heavy atom. The predicted octanol–water partition coefficient (Wildman–Crippen LogP) is 2.16. The second-order valence-electron chi connectivity index (χ2n) is 6.05. The SMILES string of the molecule is CCOC(=O)N1CCN(C(=O)NC2(c3ccccc3)CC2)CC1. The van der Waals surface area contributed by atoms with Crippen LogP contribution in [0.4, 0.5) is 9.59 Å². The number of nitrogens with zero attached hydrogens (tertiary/aromatic N) is 2. The number of amides is 3. The molecule has 1 saturated heterocycles. The fraction of sp³-hybridized carbons (Fsp3) is 0.529. The Morgan fingerprint density at radius 3 is 2.26 bits per heavy atom. The topological polar surface area (TPSA) is 61.9 Å². The van der Waals surface area contributed by atoms with Crippen LogP contribution in [0.15, 0.2) is 30.3 Å². The lowest BCUT2D eigenvalue weighted by atomic mass is 10.1. The Kier molecular flexibility index (Phi) is 4.41. The summed E-state index contributed by atoms with van der Waals surface area (Å²) < 4.78 is 4.99. The van der Waals surface area contributed by atoms with Crippen LogP contribution in [-0.2, 0) is 10.3 Å². The number of ether oxygens (including phenoxy) is 1. The number of urea groups is 1. The zero-order chi connectivity index (χ0) is 16.3. The monoisotopic (exact) mass is 317 g/mol. The fourth-order valence-electron chi connectivity index (χ4n) is 2.96. The maximum absolute atomic E-state index is 12.5. The van der Waals surface area contributed by atoms with Crippen LogP contribution >= 0.6 is 0 Å². The number of carbonyl (C=O) groups excluding carboxylic acids is 2. The van der Waals surface area contributed by atoms with Gasteiger partial charge in [0.15, 0.2) is 0 Å². The molecule has 1 N–H and O–H groups in total. The van der Waals surface area contributed by atoms with Crippen LogP contribution in [-0.4, -0.2) is 54.7 Å². The highest BCUT2D eigenvalue weighted by Crippen LogP contribution is 2.45. The van der Waals surface area contributed by atoms with Crippen LogP contribution in [0.1, 0.15) is 25.3 Å². The summed E-state index contributed by atoms with van der Waals surface area (Å²) in [7, 11) is 0. The lowest BCUT2D eigenvalue weighted by Gasteiger charge is -2.35. The number of nitrogens with one attached hydrogen (secondary N) is 1. The molecule has 2 fully saturated rings. The van der Waals surface area contributed by atoms with Gasteiger partial charge in [-0.15, -0.1) is 0 Å². The molecule has 0 aromatic heterocycles. The second kappa shape index (κ2) is 6.48. The van der Waals surface area contributed by atoms with Gasteiger partial charge in [-0.1, -0.05) is 30.3 Å². The van der Waals surface area contributed by atoms with Crippen molar-refractivity contribution in [1.82, 2.24) is 15.1 Å². The number of benzene rings is 1. The van der Waals surface area contributed by atoms with Crippen molar-refractivity contribution in [1.29, 1.82) is 0 Å². The Balaban J connectivity index is 1.53. The van der Waals surface area contributed by atoms with Crippen LogP contribution in [0.3, 0.4) is 0 Å². The number of hydrogen-bond donors (Lipinski definition) is 1. The van der Waals surface area contributed by atoms with Gasteiger partial charge in [0, 0.05) is 26.2 Å².